The van der Waals surface area contributed by atoms with Gasteiger partial charge in [0.15, 0.2) is 11.6 Å². The van der Waals surface area contributed by atoms with Crippen LogP contribution >= 0.6 is 0 Å². The van der Waals surface area contributed by atoms with Crippen LogP contribution in [0.2, 0.25) is 0 Å². The maximum Gasteiger partial charge on any atom is 4.00 e. The summed E-state index contributed by atoms with van der Waals surface area (Å²) in [7, 11) is 0. The van der Waals surface area contributed by atoms with Gasteiger partial charge in [-0.25, -0.2) is 0 Å². The van der Waals surface area contributed by atoms with Crippen LogP contribution in [0, 0.1) is 92.7 Å². The number of carbonyl (C=O) groups excluding carboxylic acids is 2. The predicted molar refractivity (Wildman–Crippen MR) is 324 cm³/mol. The first-order chi connectivity index (χ1) is 37.9. The molecule has 0 saturated heterocycles. The van der Waals surface area contributed by atoms with Crippen molar-refractivity contribution in [3.8, 4) is 0 Å². The minimum Gasteiger partial charge on any atom is -0.872 e. The van der Waals surface area contributed by atoms with E-state index in [9.17, 15) is 30.0 Å². The van der Waals surface area contributed by atoms with E-state index in [1.165, 1.54) is 117 Å². The van der Waals surface area contributed by atoms with E-state index in [-0.39, 0.29) is 57.0 Å². The van der Waals surface area contributed by atoms with Crippen molar-refractivity contribution in [3.63, 3.8) is 0 Å². The second kappa shape index (κ2) is 29.4. The van der Waals surface area contributed by atoms with Gasteiger partial charge in [-0.1, -0.05) is 216 Å². The third-order valence-corrected chi connectivity index (χ3v) is 23.3. The van der Waals surface area contributed by atoms with Crippen molar-refractivity contribution >= 4 is 23.1 Å². The molecule has 0 aliphatic heterocycles. The minimum absolute atomic E-state index is 0. The first-order valence-corrected chi connectivity index (χ1v) is 32.5. The summed E-state index contributed by atoms with van der Waals surface area (Å²) in [6.07, 6.45) is 35.2. The molecule has 0 radical (unpaired) electrons. The molecule has 2 aromatic rings. The van der Waals surface area contributed by atoms with Gasteiger partial charge in [0.1, 0.15) is 0 Å². The Kier molecular flexibility index (Phi) is 24.3. The summed E-state index contributed by atoms with van der Waals surface area (Å²) in [5.74, 6) is 9.84. The number of hydrogen-bond acceptors (Lipinski definition) is 6. The van der Waals surface area contributed by atoms with Crippen LogP contribution in [0.5, 0.6) is 0 Å². The van der Waals surface area contributed by atoms with Crippen molar-refractivity contribution in [1.82, 2.24) is 0 Å². The van der Waals surface area contributed by atoms with Crippen LogP contribution in [0.1, 0.15) is 235 Å². The second-order valence-corrected chi connectivity index (χ2v) is 29.3. The summed E-state index contributed by atoms with van der Waals surface area (Å²) in [6.45, 7) is 27.8. The molecule has 6 unspecified atom stereocenters. The molecule has 0 bridgehead atoms. The third-order valence-electron chi connectivity index (χ3n) is 23.3. The van der Waals surface area contributed by atoms with Crippen molar-refractivity contribution in [3.05, 3.63) is 107 Å². The monoisotopic (exact) mass is 1140 g/mol. The van der Waals surface area contributed by atoms with Crippen molar-refractivity contribution < 1.29 is 51.7 Å². The van der Waals surface area contributed by atoms with Crippen LogP contribution in [-0.2, 0) is 31.3 Å². The topological polar surface area (TPSA) is 126 Å². The maximum atomic E-state index is 12.1. The molecule has 7 heteroatoms. The van der Waals surface area contributed by atoms with Gasteiger partial charge in [-0.15, -0.1) is 12.2 Å². The molecule has 0 amide bonds. The van der Waals surface area contributed by atoms with Crippen LogP contribution in [0.25, 0.3) is 11.5 Å². The number of allylic oxidation sites excluding steroid dienone is 4. The standard InChI is InChI=1S/2C27H45O.2C10H10O2.Ti/c2*1-18(2)7-6-8-19(3)23-11-12-24-22-10-9-20-17-21(28)13-15-26(20,4)25(22)14-16-27(23,24)5;2*1-8(11)7-10(12)9-5-3-2-4-6-9;/h2*9,18-19,21-25H,6-8,10-17H2,1-5H3;2*2-7,12H,1H3;/q2*-1;;;+4/p-2/b;;2*10-7-;/t2*19?,21-,22-,23+,24?,25?,26-,27+;;;/m00.../s1. The van der Waals surface area contributed by atoms with Crippen molar-refractivity contribution in [1.29, 1.82) is 0 Å². The molecule has 6 nitrogen and oxygen atoms in total. The number of fused-ring (bicyclic) bond motifs is 10. The molecule has 16 atom stereocenters. The normalized spacial score (nSPS) is 35.5. The van der Waals surface area contributed by atoms with E-state index in [1.807, 2.05) is 12.1 Å². The summed E-state index contributed by atoms with van der Waals surface area (Å²) < 4.78 is 0. The first kappa shape index (κ1) is 67.1. The van der Waals surface area contributed by atoms with E-state index in [0.717, 1.165) is 122 Å². The summed E-state index contributed by atoms with van der Waals surface area (Å²) in [6, 6.07) is 17.4. The van der Waals surface area contributed by atoms with Gasteiger partial charge in [0.05, 0.1) is 0 Å². The Morgan fingerprint density at radius 2 is 0.864 bits per heavy atom. The van der Waals surface area contributed by atoms with Crippen molar-refractivity contribution in [2.45, 2.75) is 237 Å². The molecule has 6 fully saturated rings. The van der Waals surface area contributed by atoms with Gasteiger partial charge >= 0.3 is 21.7 Å². The van der Waals surface area contributed by atoms with E-state index in [2.05, 4.69) is 81.4 Å². The van der Waals surface area contributed by atoms with Crippen molar-refractivity contribution in [2.24, 2.45) is 92.7 Å². The number of rotatable bonds is 14. The molecule has 2 aromatic carbocycles. The quantitative estimate of drug-likeness (QED) is 0.0802. The summed E-state index contributed by atoms with van der Waals surface area (Å²) >= 11 is 0. The molecule has 8 aliphatic rings. The maximum absolute atomic E-state index is 12.1. The summed E-state index contributed by atoms with van der Waals surface area (Å²) in [4.78, 5) is 21.1. The van der Waals surface area contributed by atoms with Gasteiger partial charge in [0, 0.05) is 0 Å². The SMILES string of the molecule is CC(=O)/C=C(\[O-])c1ccccc1.CC(=O)/C=C(\[O-])c1ccccc1.CC(C)CCCC(C)[C@H]1CCC2[C@@H]3CC=C4C[C@@H]([O-])CC[C@]4(C)C3CC[C@@]21C.CC(C)CCCC(C)[C@H]1CCC2[C@@H]3CC=C4C[C@@H]([O-])CC[C@]4(C)C3CC[C@@]21C.[Ti+4]. The Morgan fingerprint density at radius 3 is 1.20 bits per heavy atom. The zero-order valence-electron chi connectivity index (χ0n) is 52.7. The fourth-order valence-corrected chi connectivity index (χ4v) is 19.0. The molecular weight excluding hydrogens is 1030 g/mol. The summed E-state index contributed by atoms with van der Waals surface area (Å²) in [5.41, 5.74) is 6.07. The van der Waals surface area contributed by atoms with Gasteiger partial charge in [-0.05, 0) is 220 Å². The molecule has 0 heterocycles. The van der Waals surface area contributed by atoms with E-state index in [1.54, 1.807) is 59.7 Å². The largest absolute Gasteiger partial charge is 4.00 e. The first-order valence-electron chi connectivity index (χ1n) is 32.5. The molecule has 81 heavy (non-hydrogen) atoms. The average Bonchev–Trinajstić information content (AvgIpc) is 4.21. The van der Waals surface area contributed by atoms with Crippen LogP contribution in [0.4, 0.5) is 0 Å². The Morgan fingerprint density at radius 1 is 0.506 bits per heavy atom. The van der Waals surface area contributed by atoms with E-state index < -0.39 is 0 Å². The Bertz CT molecular complexity index is 2290. The number of hydrogen-bond donors (Lipinski definition) is 0. The van der Waals surface area contributed by atoms with Crippen LogP contribution in [-0.4, -0.2) is 23.8 Å². The molecule has 6 saturated carbocycles. The van der Waals surface area contributed by atoms with Crippen molar-refractivity contribution in [2.75, 3.05) is 0 Å². The number of carbonyl (C=O) groups is 2. The minimum atomic E-state index is -0.327. The molecule has 8 aliphatic carbocycles. The second-order valence-electron chi connectivity index (χ2n) is 29.3. The smallest absolute Gasteiger partial charge is 0.872 e. The molecule has 0 spiro atoms. The number of ketones is 2. The van der Waals surface area contributed by atoms with Crippen LogP contribution < -0.4 is 20.4 Å². The average molecular weight is 1140 g/mol. The molecular formula is C74H108O6Ti. The molecule has 0 N–H and O–H groups in total. The van der Waals surface area contributed by atoms with E-state index >= 15 is 0 Å². The van der Waals surface area contributed by atoms with Gasteiger partial charge in [0.25, 0.3) is 0 Å². The van der Waals surface area contributed by atoms with Gasteiger partial charge < -0.3 is 20.4 Å². The van der Waals surface area contributed by atoms with Crippen LogP contribution in [0.3, 0.4) is 0 Å². The molecule has 0 aromatic heterocycles. The van der Waals surface area contributed by atoms with Gasteiger partial charge in [-0.2, -0.15) is 0 Å². The third kappa shape index (κ3) is 15.9. The Balaban J connectivity index is 0.000000186. The fraction of sp³-hybridized carbons (Fsp3) is 0.703. The molecule has 444 valence electrons. The zero-order valence-corrected chi connectivity index (χ0v) is 54.2. The molecule has 10 rings (SSSR count). The Hall–Kier alpha value is -3.03. The van der Waals surface area contributed by atoms with Crippen LogP contribution in [0.15, 0.2) is 96.1 Å². The predicted octanol–water partition coefficient (Wildman–Crippen LogP) is 15.5. The fourth-order valence-electron chi connectivity index (χ4n) is 19.0. The van der Waals surface area contributed by atoms with E-state index in [0.29, 0.717) is 32.8 Å². The summed E-state index contributed by atoms with van der Waals surface area (Å²) in [5, 5.41) is 46.6. The van der Waals surface area contributed by atoms with Gasteiger partial charge in [0.2, 0.25) is 0 Å². The van der Waals surface area contributed by atoms with Gasteiger partial charge in [-0.3, -0.25) is 9.59 Å². The zero-order chi connectivity index (χ0) is 58.2. The van der Waals surface area contributed by atoms with E-state index in [4.69, 9.17) is 0 Å². The Labute approximate surface area is 508 Å². The number of benzene rings is 2.